The van der Waals surface area contributed by atoms with Crippen molar-refractivity contribution in [1.82, 2.24) is 4.98 Å². The van der Waals surface area contributed by atoms with Gasteiger partial charge in [-0.2, -0.15) is 13.2 Å². The summed E-state index contributed by atoms with van der Waals surface area (Å²) < 4.78 is 37.3. The number of nitrogens with zero attached hydrogens (tertiary/aromatic N) is 2. The molecule has 1 fully saturated rings. The second-order valence-corrected chi connectivity index (χ2v) is 5.47. The maximum absolute atomic E-state index is 12.4. The second-order valence-electron chi connectivity index (χ2n) is 4.41. The Balaban J connectivity index is 2.20. The van der Waals surface area contributed by atoms with Crippen molar-refractivity contribution in [2.24, 2.45) is 5.73 Å². The third kappa shape index (κ3) is 3.14. The van der Waals surface area contributed by atoms with Gasteiger partial charge >= 0.3 is 6.18 Å². The van der Waals surface area contributed by atoms with Crippen LogP contribution in [0.1, 0.15) is 36.3 Å². The van der Waals surface area contributed by atoms with E-state index in [1.807, 2.05) is 0 Å². The van der Waals surface area contributed by atoms with Gasteiger partial charge in [-0.15, -0.1) is 11.3 Å². The largest absolute Gasteiger partial charge is 0.406 e. The first-order valence-electron chi connectivity index (χ1n) is 5.96. The van der Waals surface area contributed by atoms with E-state index < -0.39 is 12.7 Å². The average Bonchev–Trinajstić information content (AvgIpc) is 3.04. The lowest BCUT2D eigenvalue weighted by atomic mass is 10.2. The smallest absolute Gasteiger partial charge is 0.339 e. The molecule has 7 heteroatoms. The highest BCUT2D eigenvalue weighted by Crippen LogP contribution is 2.44. The molecule has 0 bridgehead atoms. The summed E-state index contributed by atoms with van der Waals surface area (Å²) in [6, 6.07) is 0. The van der Waals surface area contributed by atoms with E-state index in [2.05, 4.69) is 4.98 Å². The molecule has 0 atom stereocenters. The zero-order valence-corrected chi connectivity index (χ0v) is 10.9. The first-order valence-corrected chi connectivity index (χ1v) is 6.77. The van der Waals surface area contributed by atoms with Gasteiger partial charge in [0.15, 0.2) is 5.13 Å². The first-order chi connectivity index (χ1) is 8.44. The SMILES string of the molecule is CCN(CC(F)(F)F)c1nc(C2CC2)c(CN)s1. The predicted octanol–water partition coefficient (Wildman–Crippen LogP) is 2.87. The fourth-order valence-corrected chi connectivity index (χ4v) is 2.93. The molecular formula is C11H16F3N3S. The first kappa shape index (κ1) is 13.6. The van der Waals surface area contributed by atoms with E-state index in [1.54, 1.807) is 6.92 Å². The molecular weight excluding hydrogens is 263 g/mol. The summed E-state index contributed by atoms with van der Waals surface area (Å²) in [6.45, 7) is 1.39. The van der Waals surface area contributed by atoms with Gasteiger partial charge in [-0.25, -0.2) is 4.98 Å². The van der Waals surface area contributed by atoms with Gasteiger partial charge in [-0.1, -0.05) is 0 Å². The Morgan fingerprint density at radius 1 is 1.44 bits per heavy atom. The highest BCUT2D eigenvalue weighted by molar-refractivity contribution is 7.15. The van der Waals surface area contributed by atoms with Crippen LogP contribution >= 0.6 is 11.3 Å². The highest BCUT2D eigenvalue weighted by Gasteiger charge is 2.34. The van der Waals surface area contributed by atoms with Crippen molar-refractivity contribution in [2.45, 2.75) is 38.4 Å². The lowest BCUT2D eigenvalue weighted by Crippen LogP contribution is -2.34. The molecule has 1 aliphatic carbocycles. The van der Waals surface area contributed by atoms with E-state index in [9.17, 15) is 13.2 Å². The normalized spacial score (nSPS) is 16.1. The zero-order chi connectivity index (χ0) is 13.3. The van der Waals surface area contributed by atoms with Crippen LogP contribution in [0.2, 0.25) is 0 Å². The van der Waals surface area contributed by atoms with Crippen LogP contribution in [0.15, 0.2) is 0 Å². The molecule has 3 nitrogen and oxygen atoms in total. The van der Waals surface area contributed by atoms with Crippen LogP contribution in [0, 0.1) is 0 Å². The van der Waals surface area contributed by atoms with E-state index in [4.69, 9.17) is 5.73 Å². The molecule has 1 saturated carbocycles. The van der Waals surface area contributed by atoms with Gasteiger partial charge < -0.3 is 10.6 Å². The summed E-state index contributed by atoms with van der Waals surface area (Å²) >= 11 is 1.29. The molecule has 2 N–H and O–H groups in total. The fraction of sp³-hybridized carbons (Fsp3) is 0.727. The quantitative estimate of drug-likeness (QED) is 0.901. The van der Waals surface area contributed by atoms with Gasteiger partial charge in [-0.05, 0) is 19.8 Å². The Morgan fingerprint density at radius 3 is 2.56 bits per heavy atom. The van der Waals surface area contributed by atoms with E-state index >= 15 is 0 Å². The number of hydrogen-bond donors (Lipinski definition) is 1. The fourth-order valence-electron chi connectivity index (χ4n) is 1.84. The highest BCUT2D eigenvalue weighted by atomic mass is 32.1. The minimum atomic E-state index is -4.20. The number of anilines is 1. The maximum Gasteiger partial charge on any atom is 0.406 e. The maximum atomic E-state index is 12.4. The van der Waals surface area contributed by atoms with Crippen LogP contribution in [0.5, 0.6) is 0 Å². The predicted molar refractivity (Wildman–Crippen MR) is 65.9 cm³/mol. The molecule has 2 rings (SSSR count). The van der Waals surface area contributed by atoms with Crippen molar-refractivity contribution in [2.75, 3.05) is 18.0 Å². The van der Waals surface area contributed by atoms with E-state index in [1.165, 1.54) is 16.2 Å². The molecule has 0 radical (unpaired) electrons. The molecule has 1 heterocycles. The van der Waals surface area contributed by atoms with E-state index in [-0.39, 0.29) is 0 Å². The number of halogens is 3. The zero-order valence-electron chi connectivity index (χ0n) is 10.1. The Morgan fingerprint density at radius 2 is 2.11 bits per heavy atom. The molecule has 1 aromatic heterocycles. The summed E-state index contributed by atoms with van der Waals surface area (Å²) in [6.07, 6.45) is -2.06. The summed E-state index contributed by atoms with van der Waals surface area (Å²) in [4.78, 5) is 6.55. The molecule has 0 aliphatic heterocycles. The van der Waals surface area contributed by atoms with E-state index in [0.717, 1.165) is 23.4 Å². The molecule has 0 amide bonds. The molecule has 0 spiro atoms. The standard InChI is InChI=1S/C11H16F3N3S/c1-2-17(6-11(12,13)14)10-16-9(7-3-4-7)8(5-15)18-10/h7H,2-6,15H2,1H3. The van der Waals surface area contributed by atoms with Gasteiger partial charge in [-0.3, -0.25) is 0 Å². The molecule has 18 heavy (non-hydrogen) atoms. The molecule has 0 unspecified atom stereocenters. The minimum absolute atomic E-state index is 0.293. The number of hydrogen-bond acceptors (Lipinski definition) is 4. The molecule has 1 aliphatic rings. The van der Waals surface area contributed by atoms with Gasteiger partial charge in [0.1, 0.15) is 6.54 Å². The van der Waals surface area contributed by atoms with Crippen molar-refractivity contribution < 1.29 is 13.2 Å². The lowest BCUT2D eigenvalue weighted by molar-refractivity contribution is -0.119. The van der Waals surface area contributed by atoms with Crippen LogP contribution in [0.4, 0.5) is 18.3 Å². The van der Waals surface area contributed by atoms with Crippen LogP contribution in [-0.4, -0.2) is 24.2 Å². The van der Waals surface area contributed by atoms with E-state index in [0.29, 0.717) is 24.1 Å². The van der Waals surface area contributed by atoms with Crippen molar-refractivity contribution in [3.63, 3.8) is 0 Å². The Hall–Kier alpha value is -0.820. The monoisotopic (exact) mass is 279 g/mol. The third-order valence-electron chi connectivity index (χ3n) is 2.89. The van der Waals surface area contributed by atoms with Gasteiger partial charge in [0.25, 0.3) is 0 Å². The number of rotatable bonds is 5. The van der Waals surface area contributed by atoms with Crippen LogP contribution in [0.3, 0.4) is 0 Å². The molecule has 102 valence electrons. The van der Waals surface area contributed by atoms with Crippen molar-refractivity contribution in [3.05, 3.63) is 10.6 Å². The summed E-state index contributed by atoms with van der Waals surface area (Å²) in [5, 5.41) is 0.442. The Bertz CT molecular complexity index is 412. The summed E-state index contributed by atoms with van der Waals surface area (Å²) in [5.74, 6) is 0.415. The number of aromatic nitrogens is 1. The summed E-state index contributed by atoms with van der Waals surface area (Å²) in [7, 11) is 0. The van der Waals surface area contributed by atoms with Gasteiger partial charge in [0.05, 0.1) is 5.69 Å². The van der Waals surface area contributed by atoms with Crippen molar-refractivity contribution in [1.29, 1.82) is 0 Å². The number of alkyl halides is 3. The topological polar surface area (TPSA) is 42.2 Å². The second kappa shape index (κ2) is 5.05. The van der Waals surface area contributed by atoms with Crippen molar-refractivity contribution >= 4 is 16.5 Å². The Labute approximate surface area is 108 Å². The number of thiazole rings is 1. The number of nitrogens with two attached hydrogens (primary N) is 1. The third-order valence-corrected chi connectivity index (χ3v) is 4.04. The lowest BCUT2D eigenvalue weighted by Gasteiger charge is -2.21. The minimum Gasteiger partial charge on any atom is -0.339 e. The average molecular weight is 279 g/mol. The molecule has 0 aromatic carbocycles. The molecule has 0 saturated heterocycles. The van der Waals surface area contributed by atoms with Crippen LogP contribution in [-0.2, 0) is 6.54 Å². The molecule has 1 aromatic rings. The Kier molecular flexibility index (Phi) is 3.82. The van der Waals surface area contributed by atoms with Crippen LogP contribution in [0.25, 0.3) is 0 Å². The van der Waals surface area contributed by atoms with Crippen molar-refractivity contribution in [3.8, 4) is 0 Å². The van der Waals surface area contributed by atoms with Crippen LogP contribution < -0.4 is 10.6 Å². The summed E-state index contributed by atoms with van der Waals surface area (Å²) in [5.41, 5.74) is 6.54. The van der Waals surface area contributed by atoms with Gasteiger partial charge in [0.2, 0.25) is 0 Å². The van der Waals surface area contributed by atoms with Gasteiger partial charge in [0, 0.05) is 23.9 Å².